The zero-order chi connectivity index (χ0) is 24.2. The molecule has 0 bridgehead atoms. The summed E-state index contributed by atoms with van der Waals surface area (Å²) in [6.07, 6.45) is -0.690. The van der Waals surface area contributed by atoms with E-state index in [-0.39, 0.29) is 23.9 Å². The maximum Gasteiger partial charge on any atom is 0.573 e. The minimum Gasteiger partial charge on any atom is -0.406 e. The van der Waals surface area contributed by atoms with Gasteiger partial charge in [0.05, 0.1) is 12.6 Å². The number of carbonyl (C=O) groups excluding carboxylic acids is 2. The molecule has 33 heavy (non-hydrogen) atoms. The van der Waals surface area contributed by atoms with Crippen molar-refractivity contribution in [2.45, 2.75) is 36.9 Å². The molecule has 0 saturated carbocycles. The second-order valence-electron chi connectivity index (χ2n) is 7.25. The molecule has 1 aromatic carbocycles. The number of ether oxygens (including phenoxy) is 2. The van der Waals surface area contributed by atoms with E-state index in [9.17, 15) is 27.2 Å². The first-order valence-electron chi connectivity index (χ1n) is 9.64. The molecule has 2 aromatic rings. The first-order chi connectivity index (χ1) is 15.5. The van der Waals surface area contributed by atoms with Gasteiger partial charge >= 0.3 is 6.36 Å². The van der Waals surface area contributed by atoms with E-state index < -0.39 is 35.1 Å². The van der Waals surface area contributed by atoms with Gasteiger partial charge in [0, 0.05) is 30.3 Å². The molecule has 8 nitrogen and oxygen atoms in total. The molecule has 2 heterocycles. The number of amides is 2. The Balaban J connectivity index is 2.08. The van der Waals surface area contributed by atoms with Crippen molar-refractivity contribution in [3.05, 3.63) is 48.5 Å². The minimum absolute atomic E-state index is 0.109. The van der Waals surface area contributed by atoms with Crippen LogP contribution in [0.25, 0.3) is 0 Å². The number of hydrogen-bond donors (Lipinski definition) is 1. The fourth-order valence-electron chi connectivity index (χ4n) is 3.39. The summed E-state index contributed by atoms with van der Waals surface area (Å²) < 4.78 is 60.7. The van der Waals surface area contributed by atoms with Crippen LogP contribution < -0.4 is 15.0 Å². The lowest BCUT2D eigenvalue weighted by atomic mass is 9.89. The van der Waals surface area contributed by atoms with E-state index in [1.54, 1.807) is 0 Å². The summed E-state index contributed by atoms with van der Waals surface area (Å²) in [6.45, 7) is 1.99. The van der Waals surface area contributed by atoms with Crippen molar-refractivity contribution in [1.29, 1.82) is 0 Å². The second-order valence-corrected chi connectivity index (χ2v) is 7.63. The molecule has 2 amide bonds. The minimum atomic E-state index is -4.93. The summed E-state index contributed by atoms with van der Waals surface area (Å²) in [5.41, 5.74) is -4.47. The maximum absolute atomic E-state index is 14.1. The standard InChI is InChI=1S/C20H19ClF4N4O4/c1-19(12-8-26-11-27-9-12,18(31)28-13-6-7-32-10-13)29(17(30)16(21)22)14-2-4-15(5-3-14)33-20(23,24)25/h2-5,8-9,11,13,16H,6-7,10H2,1H3,(H,28,31)/t13-,16-,19+/m0/s1. The maximum atomic E-state index is 14.1. The van der Waals surface area contributed by atoms with Crippen LogP contribution in [0.1, 0.15) is 18.9 Å². The van der Waals surface area contributed by atoms with E-state index in [1.165, 1.54) is 25.6 Å². The van der Waals surface area contributed by atoms with E-state index >= 15 is 0 Å². The van der Waals surface area contributed by atoms with Gasteiger partial charge in [-0.1, -0.05) is 11.6 Å². The van der Waals surface area contributed by atoms with Crippen LogP contribution in [0.4, 0.5) is 23.2 Å². The number of rotatable bonds is 7. The van der Waals surface area contributed by atoms with Crippen LogP contribution in [0.2, 0.25) is 0 Å². The van der Waals surface area contributed by atoms with Crippen molar-refractivity contribution < 1.29 is 36.6 Å². The SMILES string of the molecule is C[C@](C(=O)N[C@H]1CCOC1)(c1cncnc1)N(C(=O)[C@H](F)Cl)c1ccc(OC(F)(F)F)cc1. The second kappa shape index (κ2) is 9.87. The van der Waals surface area contributed by atoms with Crippen LogP contribution in [-0.4, -0.2) is 53.0 Å². The van der Waals surface area contributed by atoms with Crippen LogP contribution >= 0.6 is 11.6 Å². The number of halogens is 5. The van der Waals surface area contributed by atoms with E-state index in [0.717, 1.165) is 29.2 Å². The van der Waals surface area contributed by atoms with Crippen molar-refractivity contribution in [2.75, 3.05) is 18.1 Å². The van der Waals surface area contributed by atoms with E-state index in [4.69, 9.17) is 16.3 Å². The molecule has 0 radical (unpaired) electrons. The lowest BCUT2D eigenvalue weighted by Crippen LogP contribution is -2.60. The van der Waals surface area contributed by atoms with Crippen LogP contribution in [0, 0.1) is 0 Å². The highest BCUT2D eigenvalue weighted by molar-refractivity contribution is 6.32. The van der Waals surface area contributed by atoms with Crippen molar-refractivity contribution in [3.63, 3.8) is 0 Å². The number of nitrogens with zero attached hydrogens (tertiary/aromatic N) is 3. The van der Waals surface area contributed by atoms with Gasteiger partial charge < -0.3 is 14.8 Å². The predicted octanol–water partition coefficient (Wildman–Crippen LogP) is 3.06. The number of aromatic nitrogens is 2. The van der Waals surface area contributed by atoms with Crippen molar-refractivity contribution in [2.24, 2.45) is 0 Å². The lowest BCUT2D eigenvalue weighted by molar-refractivity contribution is -0.274. The molecule has 0 unspecified atom stereocenters. The van der Waals surface area contributed by atoms with Crippen LogP contribution in [0.3, 0.4) is 0 Å². The van der Waals surface area contributed by atoms with Gasteiger partial charge in [0.1, 0.15) is 12.1 Å². The number of carbonyl (C=O) groups is 2. The fourth-order valence-corrected chi connectivity index (χ4v) is 3.48. The monoisotopic (exact) mass is 490 g/mol. The molecular formula is C20H19ClF4N4O4. The average Bonchev–Trinajstić information content (AvgIpc) is 3.27. The highest BCUT2D eigenvalue weighted by Crippen LogP contribution is 2.36. The van der Waals surface area contributed by atoms with E-state index in [1.807, 2.05) is 0 Å². The fraction of sp³-hybridized carbons (Fsp3) is 0.400. The molecule has 13 heteroatoms. The van der Waals surface area contributed by atoms with Gasteiger partial charge in [0.15, 0.2) is 5.54 Å². The van der Waals surface area contributed by atoms with Crippen LogP contribution in [-0.2, 0) is 19.9 Å². The quantitative estimate of drug-likeness (QED) is 0.473. The van der Waals surface area contributed by atoms with E-state index in [0.29, 0.717) is 13.0 Å². The number of benzene rings is 1. The smallest absolute Gasteiger partial charge is 0.406 e. The topological polar surface area (TPSA) is 93.6 Å². The Hall–Kier alpha value is -2.99. The van der Waals surface area contributed by atoms with Crippen molar-refractivity contribution in [1.82, 2.24) is 15.3 Å². The van der Waals surface area contributed by atoms with Crippen LogP contribution in [0.5, 0.6) is 5.75 Å². The number of hydrogen-bond acceptors (Lipinski definition) is 6. The molecule has 1 saturated heterocycles. The lowest BCUT2D eigenvalue weighted by Gasteiger charge is -2.40. The largest absolute Gasteiger partial charge is 0.573 e. The zero-order valence-corrected chi connectivity index (χ0v) is 17.9. The molecule has 3 atom stereocenters. The van der Waals surface area contributed by atoms with Gasteiger partial charge in [0.2, 0.25) is 0 Å². The third kappa shape index (κ3) is 5.69. The van der Waals surface area contributed by atoms with E-state index in [2.05, 4.69) is 20.0 Å². The van der Waals surface area contributed by atoms with Gasteiger partial charge in [-0.15, -0.1) is 13.2 Å². The molecule has 0 spiro atoms. The molecule has 1 aliphatic heterocycles. The third-order valence-corrected chi connectivity index (χ3v) is 5.20. The van der Waals surface area contributed by atoms with Crippen LogP contribution in [0.15, 0.2) is 43.0 Å². The highest BCUT2D eigenvalue weighted by Gasteiger charge is 2.47. The Morgan fingerprint density at radius 2 is 1.88 bits per heavy atom. The first kappa shape index (κ1) is 24.6. The summed E-state index contributed by atoms with van der Waals surface area (Å²) in [4.78, 5) is 34.8. The van der Waals surface area contributed by atoms with Gasteiger partial charge in [-0.2, -0.15) is 0 Å². The summed E-state index contributed by atoms with van der Waals surface area (Å²) in [5, 5.41) is 2.75. The number of anilines is 1. The average molecular weight is 491 g/mol. The number of nitrogens with one attached hydrogen (secondary N) is 1. The molecule has 1 fully saturated rings. The van der Waals surface area contributed by atoms with Crippen molar-refractivity contribution >= 4 is 29.1 Å². The Morgan fingerprint density at radius 3 is 2.39 bits per heavy atom. The summed E-state index contributed by atoms with van der Waals surface area (Å²) >= 11 is 5.45. The first-order valence-corrected chi connectivity index (χ1v) is 10.1. The molecule has 3 rings (SSSR count). The molecule has 178 valence electrons. The van der Waals surface area contributed by atoms with Gasteiger partial charge in [-0.05, 0) is 37.6 Å². The summed E-state index contributed by atoms with van der Waals surface area (Å²) in [6, 6.07) is 3.64. The number of alkyl halides is 5. The Kier molecular flexibility index (Phi) is 7.38. The van der Waals surface area contributed by atoms with Gasteiger partial charge in [0.25, 0.3) is 17.4 Å². The Morgan fingerprint density at radius 1 is 1.24 bits per heavy atom. The third-order valence-electron chi connectivity index (χ3n) is 5.01. The van der Waals surface area contributed by atoms with Gasteiger partial charge in [-0.3, -0.25) is 14.5 Å². The predicted molar refractivity (Wildman–Crippen MR) is 108 cm³/mol. The van der Waals surface area contributed by atoms with Crippen molar-refractivity contribution in [3.8, 4) is 5.75 Å². The molecule has 1 N–H and O–H groups in total. The molecule has 0 aliphatic carbocycles. The molecular weight excluding hydrogens is 472 g/mol. The Bertz CT molecular complexity index is 972. The van der Waals surface area contributed by atoms with Gasteiger partial charge in [-0.25, -0.2) is 14.4 Å². The summed E-state index contributed by atoms with van der Waals surface area (Å²) in [7, 11) is 0. The Labute approximate surface area is 190 Å². The normalized spacial score (nSPS) is 18.8. The molecule has 1 aliphatic rings. The summed E-state index contributed by atoms with van der Waals surface area (Å²) in [5.74, 6) is -2.60. The highest BCUT2D eigenvalue weighted by atomic mass is 35.5. The zero-order valence-electron chi connectivity index (χ0n) is 17.2. The molecule has 1 aromatic heterocycles.